The molecule has 1 N–H and O–H groups in total. The van der Waals surface area contributed by atoms with E-state index in [1.54, 1.807) is 13.2 Å². The number of nitrogens with zero attached hydrogens (tertiary/aromatic N) is 2. The van der Waals surface area contributed by atoms with E-state index >= 15 is 0 Å². The van der Waals surface area contributed by atoms with Crippen molar-refractivity contribution in [3.05, 3.63) is 58.5 Å². The maximum absolute atomic E-state index is 11.7. The van der Waals surface area contributed by atoms with Crippen LogP contribution in [0.3, 0.4) is 0 Å². The molecule has 0 atom stereocenters. The molecule has 3 aromatic rings. The zero-order chi connectivity index (χ0) is 22.7. The minimum Gasteiger partial charge on any atom is -0.497 e. The Labute approximate surface area is 195 Å². The standard InChI is InChI=1S/C23H23ClN2O5S/c1-3-4-21-25-23(32-16-7-5-15(29-2)6-8-16)18(11-22(27)28)26(21)12-14-9-19-20(10-17(14)24)31-13-30-19/h5-10H,3-4,11-13H2,1-2H3,(H,27,28). The first kappa shape index (κ1) is 22.4. The quantitative estimate of drug-likeness (QED) is 0.464. The third-order valence-electron chi connectivity index (χ3n) is 5.05. The maximum Gasteiger partial charge on any atom is 0.309 e. The molecule has 168 valence electrons. The number of rotatable bonds is 9. The number of fused-ring (bicyclic) bond motifs is 1. The van der Waals surface area contributed by atoms with Gasteiger partial charge in [-0.05, 0) is 42.3 Å². The topological polar surface area (TPSA) is 82.8 Å². The van der Waals surface area contributed by atoms with Crippen LogP contribution in [0.1, 0.15) is 30.4 Å². The summed E-state index contributed by atoms with van der Waals surface area (Å²) in [5, 5.41) is 10.8. The van der Waals surface area contributed by atoms with Crippen molar-refractivity contribution in [2.45, 2.75) is 42.7 Å². The lowest BCUT2D eigenvalue weighted by Crippen LogP contribution is -2.13. The van der Waals surface area contributed by atoms with Crippen LogP contribution in [-0.2, 0) is 24.2 Å². The van der Waals surface area contributed by atoms with E-state index in [0.717, 1.165) is 34.9 Å². The Morgan fingerprint density at radius 3 is 2.62 bits per heavy atom. The van der Waals surface area contributed by atoms with Crippen LogP contribution in [0, 0.1) is 0 Å². The van der Waals surface area contributed by atoms with Crippen molar-refractivity contribution in [2.75, 3.05) is 13.9 Å². The average Bonchev–Trinajstić information content (AvgIpc) is 3.34. The number of carboxylic acid groups (broad SMARTS) is 1. The first-order chi connectivity index (χ1) is 15.5. The van der Waals surface area contributed by atoms with Gasteiger partial charge < -0.3 is 23.9 Å². The summed E-state index contributed by atoms with van der Waals surface area (Å²) in [5.41, 5.74) is 1.47. The number of hydrogen-bond donors (Lipinski definition) is 1. The lowest BCUT2D eigenvalue weighted by molar-refractivity contribution is -0.136. The highest BCUT2D eigenvalue weighted by Crippen LogP contribution is 2.38. The molecule has 0 radical (unpaired) electrons. The van der Waals surface area contributed by atoms with E-state index in [9.17, 15) is 9.90 Å². The van der Waals surface area contributed by atoms with E-state index in [2.05, 4.69) is 6.92 Å². The fourth-order valence-electron chi connectivity index (χ4n) is 3.52. The van der Waals surface area contributed by atoms with E-state index in [1.807, 2.05) is 34.9 Å². The number of methoxy groups -OCH3 is 1. The molecular formula is C23H23ClN2O5S. The number of carboxylic acids is 1. The summed E-state index contributed by atoms with van der Waals surface area (Å²) in [7, 11) is 1.62. The molecule has 0 spiro atoms. The van der Waals surface area contributed by atoms with Crippen molar-refractivity contribution in [1.29, 1.82) is 0 Å². The smallest absolute Gasteiger partial charge is 0.309 e. The molecule has 0 amide bonds. The molecular weight excluding hydrogens is 452 g/mol. The number of imidazole rings is 1. The molecule has 2 heterocycles. The van der Waals surface area contributed by atoms with Gasteiger partial charge in [0.05, 0.1) is 25.8 Å². The summed E-state index contributed by atoms with van der Waals surface area (Å²) in [6, 6.07) is 11.2. The van der Waals surface area contributed by atoms with Crippen molar-refractivity contribution in [2.24, 2.45) is 0 Å². The molecule has 1 aromatic heterocycles. The number of aliphatic carboxylic acids is 1. The van der Waals surface area contributed by atoms with Crippen molar-refractivity contribution in [3.63, 3.8) is 0 Å². The molecule has 9 heteroatoms. The predicted molar refractivity (Wildman–Crippen MR) is 121 cm³/mol. The molecule has 0 aliphatic carbocycles. The van der Waals surface area contributed by atoms with Crippen molar-refractivity contribution >= 4 is 29.3 Å². The van der Waals surface area contributed by atoms with E-state index in [0.29, 0.717) is 33.8 Å². The molecule has 32 heavy (non-hydrogen) atoms. The van der Waals surface area contributed by atoms with Gasteiger partial charge in [0, 0.05) is 22.4 Å². The van der Waals surface area contributed by atoms with E-state index in [-0.39, 0.29) is 13.2 Å². The number of halogens is 1. The predicted octanol–water partition coefficient (Wildman–Crippen LogP) is 5.05. The van der Waals surface area contributed by atoms with Crippen LogP contribution in [0.5, 0.6) is 17.2 Å². The number of aromatic nitrogens is 2. The van der Waals surface area contributed by atoms with Gasteiger partial charge in [-0.1, -0.05) is 30.3 Å². The third kappa shape index (κ3) is 4.81. The fraction of sp³-hybridized carbons (Fsp3) is 0.304. The fourth-order valence-corrected chi connectivity index (χ4v) is 4.68. The van der Waals surface area contributed by atoms with Crippen LogP contribution in [0.15, 0.2) is 46.3 Å². The van der Waals surface area contributed by atoms with Crippen molar-refractivity contribution in [3.8, 4) is 17.2 Å². The van der Waals surface area contributed by atoms with Gasteiger partial charge in [-0.3, -0.25) is 4.79 Å². The van der Waals surface area contributed by atoms with Crippen LogP contribution in [0.2, 0.25) is 5.02 Å². The minimum absolute atomic E-state index is 0.141. The van der Waals surface area contributed by atoms with Crippen LogP contribution in [0.4, 0.5) is 0 Å². The summed E-state index contributed by atoms with van der Waals surface area (Å²) in [5.74, 6) is 1.92. The molecule has 7 nitrogen and oxygen atoms in total. The van der Waals surface area contributed by atoms with E-state index in [4.69, 9.17) is 30.8 Å². The van der Waals surface area contributed by atoms with Gasteiger partial charge in [0.25, 0.3) is 0 Å². The lowest BCUT2D eigenvalue weighted by atomic mass is 10.2. The van der Waals surface area contributed by atoms with Gasteiger partial charge >= 0.3 is 5.97 Å². The maximum atomic E-state index is 11.7. The Bertz CT molecular complexity index is 1130. The number of aryl methyl sites for hydroxylation is 1. The summed E-state index contributed by atoms with van der Waals surface area (Å²) < 4.78 is 18.1. The zero-order valence-corrected chi connectivity index (χ0v) is 19.3. The highest BCUT2D eigenvalue weighted by atomic mass is 35.5. The van der Waals surface area contributed by atoms with Crippen LogP contribution in [-0.4, -0.2) is 34.5 Å². The average molecular weight is 475 g/mol. The molecule has 4 rings (SSSR count). The van der Waals surface area contributed by atoms with Crippen LogP contribution >= 0.6 is 23.4 Å². The monoisotopic (exact) mass is 474 g/mol. The molecule has 1 aliphatic rings. The summed E-state index contributed by atoms with van der Waals surface area (Å²) in [4.78, 5) is 17.5. The van der Waals surface area contributed by atoms with Gasteiger partial charge in [0.1, 0.15) is 16.6 Å². The third-order valence-corrected chi connectivity index (χ3v) is 6.43. The Hall–Kier alpha value is -2.84. The first-order valence-corrected chi connectivity index (χ1v) is 11.4. The van der Waals surface area contributed by atoms with E-state index in [1.165, 1.54) is 11.8 Å². The number of carbonyl (C=O) groups is 1. The Kier molecular flexibility index (Phi) is 6.81. The second kappa shape index (κ2) is 9.75. The van der Waals surface area contributed by atoms with Crippen molar-refractivity contribution in [1.82, 2.24) is 9.55 Å². The molecule has 0 saturated heterocycles. The Morgan fingerprint density at radius 2 is 1.97 bits per heavy atom. The summed E-state index contributed by atoms with van der Waals surface area (Å²) in [6.45, 7) is 2.62. The highest BCUT2D eigenvalue weighted by Gasteiger charge is 2.23. The van der Waals surface area contributed by atoms with E-state index < -0.39 is 5.97 Å². The largest absolute Gasteiger partial charge is 0.497 e. The molecule has 0 saturated carbocycles. The minimum atomic E-state index is -0.914. The molecule has 1 aliphatic heterocycles. The van der Waals surface area contributed by atoms with Gasteiger partial charge in [-0.25, -0.2) is 4.98 Å². The SMILES string of the molecule is CCCc1nc(Sc2ccc(OC)cc2)c(CC(=O)O)n1Cc1cc2c(cc1Cl)OCO2. The van der Waals surface area contributed by atoms with Crippen molar-refractivity contribution < 1.29 is 24.1 Å². The van der Waals surface area contributed by atoms with Gasteiger partial charge in [-0.2, -0.15) is 0 Å². The molecule has 0 unspecified atom stereocenters. The lowest BCUT2D eigenvalue weighted by Gasteiger charge is -2.13. The molecule has 2 aromatic carbocycles. The summed E-state index contributed by atoms with van der Waals surface area (Å²) >= 11 is 7.95. The zero-order valence-electron chi connectivity index (χ0n) is 17.8. The second-order valence-electron chi connectivity index (χ2n) is 7.26. The van der Waals surface area contributed by atoms with Crippen LogP contribution < -0.4 is 14.2 Å². The van der Waals surface area contributed by atoms with Gasteiger partial charge in [-0.15, -0.1) is 0 Å². The molecule has 0 bridgehead atoms. The number of hydrogen-bond acceptors (Lipinski definition) is 6. The number of ether oxygens (including phenoxy) is 3. The second-order valence-corrected chi connectivity index (χ2v) is 8.73. The Morgan fingerprint density at radius 1 is 1.25 bits per heavy atom. The normalized spacial score (nSPS) is 12.2. The molecule has 0 fully saturated rings. The van der Waals surface area contributed by atoms with Crippen LogP contribution in [0.25, 0.3) is 0 Å². The first-order valence-electron chi connectivity index (χ1n) is 10.2. The summed E-state index contributed by atoms with van der Waals surface area (Å²) in [6.07, 6.45) is 1.46. The van der Waals surface area contributed by atoms with Gasteiger partial charge in [0.15, 0.2) is 11.5 Å². The van der Waals surface area contributed by atoms with Gasteiger partial charge in [0.2, 0.25) is 6.79 Å². The number of benzene rings is 2. The Balaban J connectivity index is 1.73. The highest BCUT2D eigenvalue weighted by molar-refractivity contribution is 7.99.